The van der Waals surface area contributed by atoms with E-state index in [1.807, 2.05) is 4.90 Å². The van der Waals surface area contributed by atoms with Crippen LogP contribution in [0, 0.1) is 5.82 Å². The number of nitrogens with zero attached hydrogens (tertiary/aromatic N) is 3. The Morgan fingerprint density at radius 2 is 2.24 bits per heavy atom. The van der Waals surface area contributed by atoms with Crippen LogP contribution in [0.2, 0.25) is 0 Å². The predicted octanol–water partition coefficient (Wildman–Crippen LogP) is 1.12. The van der Waals surface area contributed by atoms with Crippen molar-refractivity contribution in [2.24, 2.45) is 0 Å². The van der Waals surface area contributed by atoms with Crippen LogP contribution in [0.25, 0.3) is 11.0 Å². The highest BCUT2D eigenvalue weighted by Gasteiger charge is 2.56. The standard InChI is InChI=1S/C17H17FN4O3/c1-17-7-21(6-12(17)20-17)15-11(18)4-9-13(23)10(16(24)25)5-22(8-2-3-8)14(9)19-15/h4-5,8,12,20H,2-3,6-7H2,1H3,(H,24,25). The lowest BCUT2D eigenvalue weighted by Crippen LogP contribution is -2.32. The number of piperazine rings is 1. The van der Waals surface area contributed by atoms with Crippen LogP contribution in [0.5, 0.6) is 0 Å². The predicted molar refractivity (Wildman–Crippen MR) is 88.7 cm³/mol. The van der Waals surface area contributed by atoms with E-state index >= 15 is 0 Å². The number of hydrogen-bond donors (Lipinski definition) is 2. The lowest BCUT2D eigenvalue weighted by atomic mass is 10.1. The molecule has 1 saturated carbocycles. The molecule has 0 radical (unpaired) electrons. The number of pyridine rings is 2. The molecule has 4 heterocycles. The number of hydrogen-bond acceptors (Lipinski definition) is 5. The third kappa shape index (κ3) is 2.10. The zero-order chi connectivity index (χ0) is 17.5. The summed E-state index contributed by atoms with van der Waals surface area (Å²) in [5, 5.41) is 12.7. The van der Waals surface area contributed by atoms with Crippen molar-refractivity contribution in [3.05, 3.63) is 33.9 Å². The Balaban J connectivity index is 1.71. The van der Waals surface area contributed by atoms with E-state index in [0.717, 1.165) is 18.9 Å². The Labute approximate surface area is 142 Å². The van der Waals surface area contributed by atoms with Gasteiger partial charge in [0.2, 0.25) is 5.43 Å². The first-order chi connectivity index (χ1) is 11.9. The molecule has 2 unspecified atom stereocenters. The van der Waals surface area contributed by atoms with E-state index in [9.17, 15) is 19.1 Å². The molecule has 2 aliphatic heterocycles. The summed E-state index contributed by atoms with van der Waals surface area (Å²) in [6.45, 7) is 3.43. The molecule has 0 amide bonds. The minimum absolute atomic E-state index is 0.00635. The quantitative estimate of drug-likeness (QED) is 0.810. The Hall–Kier alpha value is -2.48. The number of aromatic nitrogens is 2. The van der Waals surface area contributed by atoms with Crippen LogP contribution in [0.15, 0.2) is 17.1 Å². The van der Waals surface area contributed by atoms with E-state index in [0.29, 0.717) is 24.8 Å². The third-order valence-electron chi connectivity index (χ3n) is 5.52. The lowest BCUT2D eigenvalue weighted by Gasteiger charge is -2.22. The van der Waals surface area contributed by atoms with Gasteiger partial charge in [-0.3, -0.25) is 4.79 Å². The molecule has 1 aliphatic carbocycles. The Morgan fingerprint density at radius 3 is 2.84 bits per heavy atom. The second-order valence-corrected chi connectivity index (χ2v) is 7.48. The molecule has 2 aromatic heterocycles. The number of aromatic carboxylic acids is 1. The average Bonchev–Trinajstić information content (AvgIpc) is 3.46. The first-order valence-corrected chi connectivity index (χ1v) is 8.39. The van der Waals surface area contributed by atoms with Crippen molar-refractivity contribution in [1.82, 2.24) is 14.9 Å². The van der Waals surface area contributed by atoms with Crippen LogP contribution in [-0.4, -0.2) is 45.3 Å². The van der Waals surface area contributed by atoms with Crippen molar-refractivity contribution in [3.8, 4) is 0 Å². The molecule has 0 aromatic carbocycles. The molecule has 7 nitrogen and oxygen atoms in total. The fraction of sp³-hybridized carbons (Fsp3) is 0.471. The van der Waals surface area contributed by atoms with Gasteiger partial charge in [0.25, 0.3) is 0 Å². The van der Waals surface area contributed by atoms with Gasteiger partial charge in [-0.2, -0.15) is 0 Å². The van der Waals surface area contributed by atoms with E-state index in [4.69, 9.17) is 0 Å². The summed E-state index contributed by atoms with van der Waals surface area (Å²) in [6, 6.07) is 1.60. The minimum atomic E-state index is -1.30. The van der Waals surface area contributed by atoms with Gasteiger partial charge >= 0.3 is 5.97 Å². The van der Waals surface area contributed by atoms with Gasteiger partial charge in [0, 0.05) is 31.4 Å². The smallest absolute Gasteiger partial charge is 0.341 e. The number of halogens is 1. The lowest BCUT2D eigenvalue weighted by molar-refractivity contribution is 0.0695. The number of nitrogens with one attached hydrogen (secondary N) is 1. The minimum Gasteiger partial charge on any atom is -0.477 e. The van der Waals surface area contributed by atoms with E-state index < -0.39 is 17.2 Å². The van der Waals surface area contributed by atoms with Crippen LogP contribution >= 0.6 is 0 Å². The maximum atomic E-state index is 14.7. The molecule has 3 fully saturated rings. The van der Waals surface area contributed by atoms with E-state index in [1.54, 1.807) is 4.57 Å². The van der Waals surface area contributed by atoms with Crippen molar-refractivity contribution in [3.63, 3.8) is 0 Å². The molecule has 3 aliphatic rings. The van der Waals surface area contributed by atoms with Crippen molar-refractivity contribution in [2.75, 3.05) is 18.0 Å². The molecule has 2 atom stereocenters. The molecule has 130 valence electrons. The summed E-state index contributed by atoms with van der Waals surface area (Å²) in [6.07, 6.45) is 3.15. The number of carboxylic acid groups (broad SMARTS) is 1. The molecular weight excluding hydrogens is 327 g/mol. The number of rotatable bonds is 3. The molecule has 0 bridgehead atoms. The van der Waals surface area contributed by atoms with Crippen LogP contribution in [0.3, 0.4) is 0 Å². The first-order valence-electron chi connectivity index (χ1n) is 8.39. The zero-order valence-electron chi connectivity index (χ0n) is 13.6. The van der Waals surface area contributed by atoms with Crippen LogP contribution in [0.4, 0.5) is 10.2 Å². The molecular formula is C17H17FN4O3. The highest BCUT2D eigenvalue weighted by molar-refractivity contribution is 5.92. The molecule has 0 spiro atoms. The van der Waals surface area contributed by atoms with Gasteiger partial charge in [-0.05, 0) is 25.8 Å². The molecule has 2 N–H and O–H groups in total. The molecule has 25 heavy (non-hydrogen) atoms. The molecule has 2 saturated heterocycles. The van der Waals surface area contributed by atoms with Gasteiger partial charge in [-0.1, -0.05) is 0 Å². The van der Waals surface area contributed by atoms with Gasteiger partial charge in [0.15, 0.2) is 11.6 Å². The fourth-order valence-electron chi connectivity index (χ4n) is 3.84. The second kappa shape index (κ2) is 4.57. The summed E-state index contributed by atoms with van der Waals surface area (Å²) < 4.78 is 16.4. The van der Waals surface area contributed by atoms with Gasteiger partial charge < -0.3 is 19.9 Å². The molecule has 5 rings (SSSR count). The maximum Gasteiger partial charge on any atom is 0.341 e. The Morgan fingerprint density at radius 1 is 1.48 bits per heavy atom. The highest BCUT2D eigenvalue weighted by atomic mass is 19.1. The number of carbonyl (C=O) groups is 1. The summed E-state index contributed by atoms with van der Waals surface area (Å²) in [5.41, 5.74) is -0.651. The summed E-state index contributed by atoms with van der Waals surface area (Å²) >= 11 is 0. The first kappa shape index (κ1) is 14.8. The average molecular weight is 344 g/mol. The third-order valence-corrected chi connectivity index (χ3v) is 5.52. The topological polar surface area (TPSA) is 97.4 Å². The summed E-state index contributed by atoms with van der Waals surface area (Å²) in [7, 11) is 0. The number of anilines is 1. The monoisotopic (exact) mass is 344 g/mol. The zero-order valence-corrected chi connectivity index (χ0v) is 13.6. The van der Waals surface area contributed by atoms with Crippen LogP contribution < -0.4 is 15.6 Å². The largest absolute Gasteiger partial charge is 0.477 e. The van der Waals surface area contributed by atoms with Gasteiger partial charge in [-0.25, -0.2) is 14.2 Å². The van der Waals surface area contributed by atoms with Crippen molar-refractivity contribution in [1.29, 1.82) is 0 Å². The normalized spacial score (nSPS) is 27.6. The second-order valence-electron chi connectivity index (χ2n) is 7.48. The van der Waals surface area contributed by atoms with Gasteiger partial charge in [0.05, 0.1) is 10.9 Å². The maximum absolute atomic E-state index is 14.7. The molecule has 2 aromatic rings. The van der Waals surface area contributed by atoms with Crippen LogP contribution in [-0.2, 0) is 0 Å². The van der Waals surface area contributed by atoms with E-state index in [2.05, 4.69) is 17.2 Å². The van der Waals surface area contributed by atoms with Crippen LogP contribution in [0.1, 0.15) is 36.2 Å². The highest BCUT2D eigenvalue weighted by Crippen LogP contribution is 2.39. The fourth-order valence-corrected chi connectivity index (χ4v) is 3.84. The van der Waals surface area contributed by atoms with Crippen molar-refractivity contribution in [2.45, 2.75) is 37.4 Å². The Kier molecular flexibility index (Phi) is 2.71. The van der Waals surface area contributed by atoms with Crippen molar-refractivity contribution < 1.29 is 14.3 Å². The Bertz CT molecular complexity index is 1000. The van der Waals surface area contributed by atoms with Gasteiger partial charge in [-0.15, -0.1) is 0 Å². The van der Waals surface area contributed by atoms with Gasteiger partial charge in [0.1, 0.15) is 11.2 Å². The summed E-state index contributed by atoms with van der Waals surface area (Å²) in [4.78, 5) is 30.1. The van der Waals surface area contributed by atoms with E-state index in [-0.39, 0.29) is 28.3 Å². The van der Waals surface area contributed by atoms with E-state index in [1.165, 1.54) is 6.20 Å². The van der Waals surface area contributed by atoms with Crippen molar-refractivity contribution >= 4 is 22.8 Å². The SMILES string of the molecule is CC12CN(c3nc4c(cc3F)c(=O)c(C(=O)O)cn4C3CC3)CC1N2. The number of fused-ring (bicyclic) bond motifs is 2. The number of carboxylic acids is 1. The summed E-state index contributed by atoms with van der Waals surface area (Å²) in [5.74, 6) is -1.65. The molecule has 8 heteroatoms.